The summed E-state index contributed by atoms with van der Waals surface area (Å²) in [6.45, 7) is 3.28. The van der Waals surface area contributed by atoms with Crippen molar-refractivity contribution >= 4 is 28.3 Å². The number of benzene rings is 3. The van der Waals surface area contributed by atoms with Gasteiger partial charge in [-0.1, -0.05) is 29.8 Å². The van der Waals surface area contributed by atoms with Crippen LogP contribution in [0.4, 0.5) is 5.69 Å². The van der Waals surface area contributed by atoms with Crippen molar-refractivity contribution < 1.29 is 14.2 Å². The standard InChI is InChI=1S/C23H24INO3/c1-16-4-6-17(7-5-16)15-28-23-21(24)12-18(13-22(23)27-3)14-25-19-8-10-20(26-2)11-9-19/h4-13,25H,14-15H2,1-3H3. The van der Waals surface area contributed by atoms with Crippen molar-refractivity contribution in [3.63, 3.8) is 0 Å². The first-order valence-electron chi connectivity index (χ1n) is 9.01. The minimum Gasteiger partial charge on any atom is -0.497 e. The summed E-state index contributed by atoms with van der Waals surface area (Å²) in [7, 11) is 3.34. The maximum Gasteiger partial charge on any atom is 0.174 e. The molecule has 3 aromatic carbocycles. The van der Waals surface area contributed by atoms with Crippen LogP contribution in [0.25, 0.3) is 0 Å². The lowest BCUT2D eigenvalue weighted by Crippen LogP contribution is -2.03. The van der Waals surface area contributed by atoms with E-state index in [2.05, 4.69) is 65.2 Å². The number of nitrogens with one attached hydrogen (secondary N) is 1. The fourth-order valence-electron chi connectivity index (χ4n) is 2.77. The van der Waals surface area contributed by atoms with Crippen molar-refractivity contribution in [1.82, 2.24) is 0 Å². The van der Waals surface area contributed by atoms with Crippen LogP contribution in [-0.2, 0) is 13.2 Å². The summed E-state index contributed by atoms with van der Waals surface area (Å²) in [4.78, 5) is 0. The van der Waals surface area contributed by atoms with Crippen molar-refractivity contribution in [2.24, 2.45) is 0 Å². The van der Waals surface area contributed by atoms with E-state index in [0.29, 0.717) is 13.2 Å². The summed E-state index contributed by atoms with van der Waals surface area (Å²) in [5.41, 5.74) is 4.53. The number of hydrogen-bond donors (Lipinski definition) is 1. The van der Waals surface area contributed by atoms with Gasteiger partial charge in [-0.2, -0.15) is 0 Å². The molecule has 0 aromatic heterocycles. The zero-order chi connectivity index (χ0) is 19.9. The normalized spacial score (nSPS) is 10.4. The number of hydrogen-bond acceptors (Lipinski definition) is 4. The highest BCUT2D eigenvalue weighted by Gasteiger charge is 2.12. The Bertz CT molecular complexity index is 908. The molecule has 0 aliphatic heterocycles. The molecule has 0 bridgehead atoms. The molecule has 0 saturated heterocycles. The fourth-order valence-corrected chi connectivity index (χ4v) is 3.59. The average Bonchev–Trinajstić information content (AvgIpc) is 2.72. The number of rotatable bonds is 8. The molecule has 0 amide bonds. The summed E-state index contributed by atoms with van der Waals surface area (Å²) >= 11 is 2.30. The van der Waals surface area contributed by atoms with Gasteiger partial charge in [0.2, 0.25) is 0 Å². The molecule has 0 aliphatic carbocycles. The molecule has 1 N–H and O–H groups in total. The lowest BCUT2D eigenvalue weighted by atomic mass is 10.1. The van der Waals surface area contributed by atoms with E-state index in [-0.39, 0.29) is 0 Å². The van der Waals surface area contributed by atoms with E-state index in [9.17, 15) is 0 Å². The lowest BCUT2D eigenvalue weighted by molar-refractivity contribution is 0.282. The van der Waals surface area contributed by atoms with Crippen LogP contribution in [0.5, 0.6) is 17.2 Å². The van der Waals surface area contributed by atoms with Gasteiger partial charge in [0.15, 0.2) is 11.5 Å². The van der Waals surface area contributed by atoms with Crippen LogP contribution in [0.2, 0.25) is 0 Å². The largest absolute Gasteiger partial charge is 0.497 e. The smallest absolute Gasteiger partial charge is 0.174 e. The zero-order valence-electron chi connectivity index (χ0n) is 16.3. The second-order valence-electron chi connectivity index (χ2n) is 6.47. The second kappa shape index (κ2) is 9.68. The molecule has 0 spiro atoms. The van der Waals surface area contributed by atoms with Crippen molar-refractivity contribution in [2.45, 2.75) is 20.1 Å². The van der Waals surface area contributed by atoms with Gasteiger partial charge in [-0.05, 0) is 77.0 Å². The molecule has 0 heterocycles. The van der Waals surface area contributed by atoms with Gasteiger partial charge in [0.1, 0.15) is 12.4 Å². The first-order valence-corrected chi connectivity index (χ1v) is 10.1. The van der Waals surface area contributed by atoms with Gasteiger partial charge in [0.05, 0.1) is 17.8 Å². The van der Waals surface area contributed by atoms with Crippen LogP contribution in [0.3, 0.4) is 0 Å². The summed E-state index contributed by atoms with van der Waals surface area (Å²) in [5.74, 6) is 2.36. The summed E-state index contributed by atoms with van der Waals surface area (Å²) in [6.07, 6.45) is 0. The van der Waals surface area contributed by atoms with Crippen LogP contribution in [0.1, 0.15) is 16.7 Å². The van der Waals surface area contributed by atoms with E-state index >= 15 is 0 Å². The van der Waals surface area contributed by atoms with Gasteiger partial charge in [-0.15, -0.1) is 0 Å². The van der Waals surface area contributed by atoms with E-state index < -0.39 is 0 Å². The Morgan fingerprint density at radius 2 is 1.57 bits per heavy atom. The third-order valence-electron chi connectivity index (χ3n) is 4.38. The van der Waals surface area contributed by atoms with Crippen molar-refractivity contribution in [3.8, 4) is 17.2 Å². The minimum absolute atomic E-state index is 0.510. The predicted molar refractivity (Wildman–Crippen MR) is 122 cm³/mol. The molecule has 4 nitrogen and oxygen atoms in total. The van der Waals surface area contributed by atoms with Gasteiger partial charge in [0.25, 0.3) is 0 Å². The molecular weight excluding hydrogens is 465 g/mol. The first-order chi connectivity index (χ1) is 13.6. The zero-order valence-corrected chi connectivity index (χ0v) is 18.4. The number of aryl methyl sites for hydroxylation is 1. The quantitative estimate of drug-likeness (QED) is 0.406. The highest BCUT2D eigenvalue weighted by Crippen LogP contribution is 2.35. The third kappa shape index (κ3) is 5.32. The molecule has 3 aromatic rings. The number of anilines is 1. The van der Waals surface area contributed by atoms with Crippen molar-refractivity contribution in [2.75, 3.05) is 19.5 Å². The molecule has 0 radical (unpaired) electrons. The van der Waals surface area contributed by atoms with Crippen LogP contribution in [0, 0.1) is 10.5 Å². The van der Waals surface area contributed by atoms with E-state index in [1.165, 1.54) is 5.56 Å². The van der Waals surface area contributed by atoms with E-state index in [1.54, 1.807) is 14.2 Å². The predicted octanol–water partition coefficient (Wildman–Crippen LogP) is 5.81. The Kier molecular flexibility index (Phi) is 7.03. The van der Waals surface area contributed by atoms with Crippen LogP contribution < -0.4 is 19.5 Å². The maximum absolute atomic E-state index is 6.06. The monoisotopic (exact) mass is 489 g/mol. The Morgan fingerprint density at radius 3 is 2.21 bits per heavy atom. The highest BCUT2D eigenvalue weighted by molar-refractivity contribution is 14.1. The lowest BCUT2D eigenvalue weighted by Gasteiger charge is -2.15. The molecule has 0 fully saturated rings. The summed E-state index contributed by atoms with van der Waals surface area (Å²) in [5, 5.41) is 3.42. The average molecular weight is 489 g/mol. The van der Waals surface area contributed by atoms with Crippen LogP contribution in [0.15, 0.2) is 60.7 Å². The van der Waals surface area contributed by atoms with Crippen molar-refractivity contribution in [3.05, 3.63) is 80.9 Å². The Morgan fingerprint density at radius 1 is 0.857 bits per heavy atom. The first kappa shape index (κ1) is 20.3. The summed E-state index contributed by atoms with van der Waals surface area (Å²) < 4.78 is 17.9. The molecule has 5 heteroatoms. The van der Waals surface area contributed by atoms with Gasteiger partial charge < -0.3 is 19.5 Å². The van der Waals surface area contributed by atoms with Gasteiger partial charge in [0, 0.05) is 12.2 Å². The Balaban J connectivity index is 1.68. The summed E-state index contributed by atoms with van der Waals surface area (Å²) in [6, 6.07) is 20.4. The molecule has 0 atom stereocenters. The Hall–Kier alpha value is -2.41. The second-order valence-corrected chi connectivity index (χ2v) is 7.63. The molecular formula is C23H24INO3. The van der Waals surface area contributed by atoms with E-state index in [0.717, 1.165) is 37.6 Å². The maximum atomic E-state index is 6.06. The topological polar surface area (TPSA) is 39.7 Å². The molecule has 146 valence electrons. The SMILES string of the molecule is COc1ccc(NCc2cc(I)c(OCc3ccc(C)cc3)c(OC)c2)cc1. The number of ether oxygens (including phenoxy) is 3. The molecule has 0 saturated carbocycles. The van der Waals surface area contributed by atoms with Crippen molar-refractivity contribution in [1.29, 1.82) is 0 Å². The van der Waals surface area contributed by atoms with Gasteiger partial charge in [-0.3, -0.25) is 0 Å². The minimum atomic E-state index is 0.510. The Labute approximate surface area is 180 Å². The third-order valence-corrected chi connectivity index (χ3v) is 5.18. The number of methoxy groups -OCH3 is 2. The van der Waals surface area contributed by atoms with Gasteiger partial charge >= 0.3 is 0 Å². The molecule has 28 heavy (non-hydrogen) atoms. The molecule has 3 rings (SSSR count). The highest BCUT2D eigenvalue weighted by atomic mass is 127. The van der Waals surface area contributed by atoms with E-state index in [1.807, 2.05) is 30.3 Å². The molecule has 0 unspecified atom stereocenters. The van der Waals surface area contributed by atoms with Crippen LogP contribution >= 0.6 is 22.6 Å². The van der Waals surface area contributed by atoms with E-state index in [4.69, 9.17) is 14.2 Å². The fraction of sp³-hybridized carbons (Fsp3) is 0.217. The van der Waals surface area contributed by atoms with Crippen LogP contribution in [-0.4, -0.2) is 14.2 Å². The van der Waals surface area contributed by atoms with Gasteiger partial charge in [-0.25, -0.2) is 0 Å². The molecule has 0 aliphatic rings. The number of halogens is 1.